The number of carbonyl (C=O) groups is 2. The van der Waals surface area contributed by atoms with Crippen molar-refractivity contribution in [3.63, 3.8) is 0 Å². The van der Waals surface area contributed by atoms with Gasteiger partial charge in [0.25, 0.3) is 11.8 Å². The molecule has 2 aromatic carbocycles. The summed E-state index contributed by atoms with van der Waals surface area (Å²) in [6, 6.07) is 19.5. The van der Waals surface area contributed by atoms with Gasteiger partial charge in [0, 0.05) is 36.8 Å². The Morgan fingerprint density at radius 1 is 1.22 bits per heavy atom. The number of benzene rings is 2. The SMILES string of the molecule is C[C@H]1CN([C@@H](C)CO)C(=O)c2cc(-c3ccc(C#N)cc3)cnc2O[C@@H]1CN(C)C(=O)c1ccccc1. The molecule has 2 heterocycles. The first-order valence-corrected chi connectivity index (χ1v) is 12.2. The highest BCUT2D eigenvalue weighted by atomic mass is 16.5. The molecule has 3 aromatic rings. The average molecular weight is 499 g/mol. The van der Waals surface area contributed by atoms with E-state index >= 15 is 0 Å². The molecule has 1 N–H and O–H groups in total. The summed E-state index contributed by atoms with van der Waals surface area (Å²) in [6.45, 7) is 4.22. The Morgan fingerprint density at radius 2 is 1.92 bits per heavy atom. The van der Waals surface area contributed by atoms with Gasteiger partial charge in [-0.05, 0) is 42.8 Å². The summed E-state index contributed by atoms with van der Waals surface area (Å²) in [7, 11) is 1.73. The third-order valence-electron chi connectivity index (χ3n) is 6.69. The maximum atomic E-state index is 13.6. The normalized spacial score (nSPS) is 18.0. The molecule has 1 aliphatic rings. The van der Waals surface area contributed by atoms with E-state index in [0.29, 0.717) is 29.8 Å². The molecule has 37 heavy (non-hydrogen) atoms. The Bertz CT molecular complexity index is 1300. The van der Waals surface area contributed by atoms with E-state index in [-0.39, 0.29) is 35.8 Å². The monoisotopic (exact) mass is 498 g/mol. The summed E-state index contributed by atoms with van der Waals surface area (Å²) in [4.78, 5) is 34.4. The second kappa shape index (κ2) is 11.2. The lowest BCUT2D eigenvalue weighted by Gasteiger charge is -2.37. The largest absolute Gasteiger partial charge is 0.472 e. The van der Waals surface area contributed by atoms with Crippen molar-refractivity contribution in [3.05, 3.63) is 83.6 Å². The van der Waals surface area contributed by atoms with Gasteiger partial charge in [-0.2, -0.15) is 5.26 Å². The summed E-state index contributed by atoms with van der Waals surface area (Å²) in [5.41, 5.74) is 2.93. The predicted octanol–water partition coefficient (Wildman–Crippen LogP) is 3.61. The molecule has 0 fully saturated rings. The fourth-order valence-electron chi connectivity index (χ4n) is 4.37. The van der Waals surface area contributed by atoms with Crippen molar-refractivity contribution >= 4 is 11.8 Å². The van der Waals surface area contributed by atoms with Crippen LogP contribution in [0.5, 0.6) is 5.88 Å². The van der Waals surface area contributed by atoms with Crippen LogP contribution in [0.25, 0.3) is 11.1 Å². The Labute approximate surface area is 216 Å². The maximum absolute atomic E-state index is 13.6. The second-order valence-electron chi connectivity index (χ2n) is 9.44. The van der Waals surface area contributed by atoms with E-state index in [9.17, 15) is 14.7 Å². The van der Waals surface area contributed by atoms with E-state index in [4.69, 9.17) is 10.00 Å². The van der Waals surface area contributed by atoms with Gasteiger partial charge in [0.05, 0.1) is 30.8 Å². The van der Waals surface area contributed by atoms with Crippen molar-refractivity contribution in [2.45, 2.75) is 26.0 Å². The summed E-state index contributed by atoms with van der Waals surface area (Å²) >= 11 is 0. The zero-order valence-electron chi connectivity index (χ0n) is 21.2. The molecule has 8 heteroatoms. The first kappa shape index (κ1) is 25.9. The minimum Gasteiger partial charge on any atom is -0.472 e. The van der Waals surface area contributed by atoms with Crippen LogP contribution < -0.4 is 4.74 Å². The quantitative estimate of drug-likeness (QED) is 0.556. The first-order valence-electron chi connectivity index (χ1n) is 12.2. The Balaban J connectivity index is 1.68. The standard InChI is InChI=1S/C29H30N4O4/c1-19-16-33(20(2)18-34)29(36)25-13-24(22-11-9-21(14-30)10-12-22)15-31-27(25)37-26(19)17-32(3)28(35)23-7-5-4-6-8-23/h4-13,15,19-20,26,34H,16-18H2,1-3H3/t19-,20-,26+/m0/s1. The number of hydrogen-bond donors (Lipinski definition) is 1. The smallest absolute Gasteiger partial charge is 0.259 e. The zero-order valence-corrected chi connectivity index (χ0v) is 21.2. The van der Waals surface area contributed by atoms with Crippen LogP contribution >= 0.6 is 0 Å². The second-order valence-corrected chi connectivity index (χ2v) is 9.44. The van der Waals surface area contributed by atoms with Crippen LogP contribution in [0, 0.1) is 17.2 Å². The van der Waals surface area contributed by atoms with Gasteiger partial charge in [0.15, 0.2) is 0 Å². The number of nitrogens with zero attached hydrogens (tertiary/aromatic N) is 4. The third kappa shape index (κ3) is 5.63. The first-order chi connectivity index (χ1) is 17.8. The number of aliphatic hydroxyl groups is 1. The van der Waals surface area contributed by atoms with Gasteiger partial charge >= 0.3 is 0 Å². The molecule has 0 spiro atoms. The number of hydrogen-bond acceptors (Lipinski definition) is 6. The van der Waals surface area contributed by atoms with E-state index in [1.807, 2.05) is 25.1 Å². The molecule has 0 aliphatic carbocycles. The van der Waals surface area contributed by atoms with Gasteiger partial charge in [-0.15, -0.1) is 0 Å². The predicted molar refractivity (Wildman–Crippen MR) is 139 cm³/mol. The number of aliphatic hydroxyl groups excluding tert-OH is 1. The highest BCUT2D eigenvalue weighted by Gasteiger charge is 2.35. The van der Waals surface area contributed by atoms with Gasteiger partial charge in [0.1, 0.15) is 11.7 Å². The fourth-order valence-corrected chi connectivity index (χ4v) is 4.37. The highest BCUT2D eigenvalue weighted by molar-refractivity contribution is 5.98. The number of likely N-dealkylation sites (N-methyl/N-ethyl adjacent to an activating group) is 1. The van der Waals surface area contributed by atoms with Crippen molar-refractivity contribution in [2.75, 3.05) is 26.7 Å². The molecule has 3 atom stereocenters. The maximum Gasteiger partial charge on any atom is 0.259 e. The zero-order chi connectivity index (χ0) is 26.5. The lowest BCUT2D eigenvalue weighted by atomic mass is 9.98. The topological polar surface area (TPSA) is 107 Å². The molecule has 1 aromatic heterocycles. The van der Waals surface area contributed by atoms with Crippen molar-refractivity contribution < 1.29 is 19.4 Å². The van der Waals surface area contributed by atoms with Crippen LogP contribution in [0.4, 0.5) is 0 Å². The molecule has 0 saturated heterocycles. The van der Waals surface area contributed by atoms with Crippen molar-refractivity contribution in [3.8, 4) is 23.1 Å². The molecule has 0 bridgehead atoms. The number of carbonyl (C=O) groups excluding carboxylic acids is 2. The highest BCUT2D eigenvalue weighted by Crippen LogP contribution is 2.30. The summed E-state index contributed by atoms with van der Waals surface area (Å²) in [5, 5.41) is 19.0. The number of ether oxygens (including phenoxy) is 1. The number of rotatable bonds is 6. The summed E-state index contributed by atoms with van der Waals surface area (Å²) < 4.78 is 6.31. The molecule has 2 amide bonds. The fraction of sp³-hybridized carbons (Fsp3) is 0.310. The van der Waals surface area contributed by atoms with E-state index in [0.717, 1.165) is 5.56 Å². The van der Waals surface area contributed by atoms with E-state index < -0.39 is 12.1 Å². The van der Waals surface area contributed by atoms with Gasteiger partial charge in [-0.1, -0.05) is 37.3 Å². The molecule has 190 valence electrons. The molecule has 8 nitrogen and oxygen atoms in total. The molecule has 4 rings (SSSR count). The minimum absolute atomic E-state index is 0.125. The van der Waals surface area contributed by atoms with Crippen LogP contribution in [0.1, 0.15) is 40.1 Å². The molecule has 1 aliphatic heterocycles. The van der Waals surface area contributed by atoms with Crippen LogP contribution in [0.2, 0.25) is 0 Å². The van der Waals surface area contributed by atoms with Crippen molar-refractivity contribution in [1.29, 1.82) is 5.26 Å². The summed E-state index contributed by atoms with van der Waals surface area (Å²) in [5.74, 6) is -0.357. The van der Waals surface area contributed by atoms with Crippen LogP contribution in [0.3, 0.4) is 0 Å². The third-order valence-corrected chi connectivity index (χ3v) is 6.69. The number of pyridine rings is 1. The van der Waals surface area contributed by atoms with E-state index in [1.54, 1.807) is 72.4 Å². The van der Waals surface area contributed by atoms with Crippen molar-refractivity contribution in [1.82, 2.24) is 14.8 Å². The lowest BCUT2D eigenvalue weighted by Crippen LogP contribution is -2.50. The average Bonchev–Trinajstić information content (AvgIpc) is 2.94. The molecule has 0 saturated carbocycles. The number of fused-ring (bicyclic) bond motifs is 1. The van der Waals surface area contributed by atoms with Crippen molar-refractivity contribution in [2.24, 2.45) is 5.92 Å². The van der Waals surface area contributed by atoms with Gasteiger partial charge < -0.3 is 19.6 Å². The Kier molecular flexibility index (Phi) is 7.85. The van der Waals surface area contributed by atoms with Gasteiger partial charge in [-0.3, -0.25) is 9.59 Å². The molecule has 0 unspecified atom stereocenters. The van der Waals surface area contributed by atoms with E-state index in [1.165, 1.54) is 0 Å². The van der Waals surface area contributed by atoms with Crippen LogP contribution in [0.15, 0.2) is 66.9 Å². The number of amides is 2. The molecular weight excluding hydrogens is 468 g/mol. The minimum atomic E-state index is -0.439. The van der Waals surface area contributed by atoms with Crippen LogP contribution in [-0.4, -0.2) is 70.6 Å². The number of nitriles is 1. The molecular formula is C29H30N4O4. The Morgan fingerprint density at radius 3 is 2.57 bits per heavy atom. The molecule has 0 radical (unpaired) electrons. The number of aromatic nitrogens is 1. The Hall–Kier alpha value is -4.22. The lowest BCUT2D eigenvalue weighted by molar-refractivity contribution is 0.0313. The van der Waals surface area contributed by atoms with E-state index in [2.05, 4.69) is 11.1 Å². The summed E-state index contributed by atoms with van der Waals surface area (Å²) in [6.07, 6.45) is 1.20. The van der Waals surface area contributed by atoms with Gasteiger partial charge in [0.2, 0.25) is 5.88 Å². The van der Waals surface area contributed by atoms with Crippen LogP contribution in [-0.2, 0) is 0 Å². The van der Waals surface area contributed by atoms with Gasteiger partial charge in [-0.25, -0.2) is 4.98 Å².